The number of morpholine rings is 1. The van der Waals surface area contributed by atoms with Crippen molar-refractivity contribution in [2.45, 2.75) is 32.0 Å². The van der Waals surface area contributed by atoms with Gasteiger partial charge in [-0.15, -0.1) is 0 Å². The Morgan fingerprint density at radius 2 is 1.84 bits per heavy atom. The van der Waals surface area contributed by atoms with Crippen LogP contribution in [0.2, 0.25) is 0 Å². The van der Waals surface area contributed by atoms with Crippen LogP contribution in [0.15, 0.2) is 24.3 Å². The van der Waals surface area contributed by atoms with Crippen LogP contribution in [0.1, 0.15) is 25.3 Å². The molecule has 1 aliphatic heterocycles. The molecular weight excluding hydrogens is 255 g/mol. The Hall–Kier alpha value is -1.23. The number of hydrogen-bond acceptors (Lipinski definition) is 2. The summed E-state index contributed by atoms with van der Waals surface area (Å²) in [7, 11) is 0. The Balaban J connectivity index is 2.22. The minimum absolute atomic E-state index is 0.269. The average molecular weight is 273 g/mol. The molecule has 0 aliphatic carbocycles. The number of halogens is 3. The highest BCUT2D eigenvalue weighted by molar-refractivity contribution is 5.49. The van der Waals surface area contributed by atoms with Crippen LogP contribution < -0.4 is 4.90 Å². The second-order valence-electron chi connectivity index (χ2n) is 5.07. The van der Waals surface area contributed by atoms with E-state index >= 15 is 0 Å². The molecule has 1 aromatic carbocycles. The van der Waals surface area contributed by atoms with Crippen LogP contribution in [0.4, 0.5) is 18.9 Å². The standard InChI is InChI=1S/C14H18F3NO/c1-10(2)11-3-5-12(6-4-11)18-7-8-19-9-13(18)14(15,16)17/h3-6,10,13H,7-9H2,1-2H3. The number of benzene rings is 1. The maximum Gasteiger partial charge on any atom is 0.411 e. The summed E-state index contributed by atoms with van der Waals surface area (Å²) in [5, 5.41) is 0. The fourth-order valence-electron chi connectivity index (χ4n) is 2.23. The van der Waals surface area contributed by atoms with Gasteiger partial charge in [0.1, 0.15) is 6.04 Å². The lowest BCUT2D eigenvalue weighted by molar-refractivity contribution is -0.167. The van der Waals surface area contributed by atoms with Crippen molar-refractivity contribution in [2.24, 2.45) is 0 Å². The molecule has 1 aliphatic rings. The van der Waals surface area contributed by atoms with Gasteiger partial charge in [0.15, 0.2) is 0 Å². The molecule has 19 heavy (non-hydrogen) atoms. The SMILES string of the molecule is CC(C)c1ccc(N2CCOCC2C(F)(F)F)cc1. The predicted octanol–water partition coefficient (Wildman–Crippen LogP) is 3.58. The highest BCUT2D eigenvalue weighted by Crippen LogP contribution is 2.31. The number of rotatable bonds is 2. The van der Waals surface area contributed by atoms with Gasteiger partial charge >= 0.3 is 6.18 Å². The Kier molecular flexibility index (Phi) is 4.04. The van der Waals surface area contributed by atoms with Gasteiger partial charge in [0.2, 0.25) is 0 Å². The zero-order valence-electron chi connectivity index (χ0n) is 11.1. The van der Waals surface area contributed by atoms with Gasteiger partial charge in [-0.25, -0.2) is 0 Å². The smallest absolute Gasteiger partial charge is 0.377 e. The van der Waals surface area contributed by atoms with Gasteiger partial charge in [-0.05, 0) is 23.6 Å². The van der Waals surface area contributed by atoms with Crippen LogP contribution >= 0.6 is 0 Å². The van der Waals surface area contributed by atoms with E-state index in [-0.39, 0.29) is 13.2 Å². The van der Waals surface area contributed by atoms with E-state index in [1.165, 1.54) is 4.90 Å². The predicted molar refractivity (Wildman–Crippen MR) is 68.5 cm³/mol. The minimum Gasteiger partial charge on any atom is -0.377 e. The summed E-state index contributed by atoms with van der Waals surface area (Å²) in [5.74, 6) is 0.372. The summed E-state index contributed by atoms with van der Waals surface area (Å²) in [6.45, 7) is 4.42. The topological polar surface area (TPSA) is 12.5 Å². The molecule has 0 bridgehead atoms. The van der Waals surface area contributed by atoms with E-state index in [1.54, 1.807) is 12.1 Å². The third kappa shape index (κ3) is 3.21. The van der Waals surface area contributed by atoms with Gasteiger partial charge in [-0.2, -0.15) is 13.2 Å². The van der Waals surface area contributed by atoms with E-state index < -0.39 is 12.2 Å². The molecule has 2 rings (SSSR count). The summed E-state index contributed by atoms with van der Waals surface area (Å²) >= 11 is 0. The first-order valence-electron chi connectivity index (χ1n) is 6.40. The maximum atomic E-state index is 13.0. The van der Waals surface area contributed by atoms with E-state index in [9.17, 15) is 13.2 Å². The third-order valence-corrected chi connectivity index (χ3v) is 3.40. The molecule has 0 spiro atoms. The van der Waals surface area contributed by atoms with Crippen molar-refractivity contribution < 1.29 is 17.9 Å². The van der Waals surface area contributed by atoms with E-state index in [2.05, 4.69) is 13.8 Å². The number of hydrogen-bond donors (Lipinski definition) is 0. The van der Waals surface area contributed by atoms with Gasteiger partial charge in [0.25, 0.3) is 0 Å². The molecule has 0 amide bonds. The number of alkyl halides is 3. The Bertz CT molecular complexity index is 414. The van der Waals surface area contributed by atoms with Gasteiger partial charge in [0.05, 0.1) is 13.2 Å². The Morgan fingerprint density at radius 3 is 2.37 bits per heavy atom. The molecule has 1 fully saturated rings. The molecule has 1 saturated heterocycles. The second kappa shape index (κ2) is 5.41. The van der Waals surface area contributed by atoms with Gasteiger partial charge in [-0.1, -0.05) is 26.0 Å². The molecule has 106 valence electrons. The molecule has 1 unspecified atom stereocenters. The lowest BCUT2D eigenvalue weighted by atomic mass is 10.0. The minimum atomic E-state index is -4.27. The summed E-state index contributed by atoms with van der Waals surface area (Å²) in [6.07, 6.45) is -4.27. The van der Waals surface area contributed by atoms with E-state index in [1.807, 2.05) is 12.1 Å². The normalized spacial score (nSPS) is 20.9. The van der Waals surface area contributed by atoms with Crippen LogP contribution in [0.3, 0.4) is 0 Å². The summed E-state index contributed by atoms with van der Waals surface area (Å²) in [4.78, 5) is 1.38. The molecule has 1 atom stereocenters. The van der Waals surface area contributed by atoms with E-state index in [0.29, 0.717) is 18.2 Å². The maximum absolute atomic E-state index is 13.0. The fraction of sp³-hybridized carbons (Fsp3) is 0.571. The van der Waals surface area contributed by atoms with Crippen molar-refractivity contribution in [3.63, 3.8) is 0 Å². The highest BCUT2D eigenvalue weighted by atomic mass is 19.4. The quantitative estimate of drug-likeness (QED) is 0.816. The van der Waals surface area contributed by atoms with Crippen molar-refractivity contribution in [1.82, 2.24) is 0 Å². The summed E-state index contributed by atoms with van der Waals surface area (Å²) in [6, 6.07) is 5.76. The Morgan fingerprint density at radius 1 is 1.21 bits per heavy atom. The first kappa shape index (κ1) is 14.2. The lowest BCUT2D eigenvalue weighted by Gasteiger charge is -2.38. The summed E-state index contributed by atoms with van der Waals surface area (Å²) in [5.41, 5.74) is 1.73. The van der Waals surface area contributed by atoms with Crippen LogP contribution in [0, 0.1) is 0 Å². The first-order chi connectivity index (χ1) is 8.89. The van der Waals surface area contributed by atoms with E-state index in [4.69, 9.17) is 4.74 Å². The average Bonchev–Trinajstić information content (AvgIpc) is 2.38. The monoisotopic (exact) mass is 273 g/mol. The third-order valence-electron chi connectivity index (χ3n) is 3.40. The fourth-order valence-corrected chi connectivity index (χ4v) is 2.23. The van der Waals surface area contributed by atoms with Crippen molar-refractivity contribution in [1.29, 1.82) is 0 Å². The van der Waals surface area contributed by atoms with Crippen molar-refractivity contribution in [2.75, 3.05) is 24.7 Å². The molecule has 0 N–H and O–H groups in total. The highest BCUT2D eigenvalue weighted by Gasteiger charge is 2.45. The van der Waals surface area contributed by atoms with Crippen LogP contribution in [0.25, 0.3) is 0 Å². The Labute approximate surface area is 111 Å². The molecule has 2 nitrogen and oxygen atoms in total. The number of nitrogens with zero attached hydrogens (tertiary/aromatic N) is 1. The van der Waals surface area contributed by atoms with Gasteiger partial charge in [-0.3, -0.25) is 0 Å². The lowest BCUT2D eigenvalue weighted by Crippen LogP contribution is -2.53. The zero-order chi connectivity index (χ0) is 14.0. The molecule has 1 aromatic rings. The summed E-state index contributed by atoms with van der Waals surface area (Å²) < 4.78 is 43.8. The second-order valence-corrected chi connectivity index (χ2v) is 5.07. The van der Waals surface area contributed by atoms with Crippen LogP contribution in [0.5, 0.6) is 0 Å². The largest absolute Gasteiger partial charge is 0.411 e. The molecule has 0 aromatic heterocycles. The number of anilines is 1. The number of ether oxygens (including phenoxy) is 1. The van der Waals surface area contributed by atoms with Gasteiger partial charge in [0, 0.05) is 12.2 Å². The molecular formula is C14H18F3NO. The molecule has 5 heteroatoms. The van der Waals surface area contributed by atoms with Gasteiger partial charge < -0.3 is 9.64 Å². The first-order valence-corrected chi connectivity index (χ1v) is 6.40. The molecule has 0 radical (unpaired) electrons. The molecule has 1 heterocycles. The molecule has 0 saturated carbocycles. The van der Waals surface area contributed by atoms with Crippen molar-refractivity contribution in [3.8, 4) is 0 Å². The van der Waals surface area contributed by atoms with E-state index in [0.717, 1.165) is 5.56 Å². The van der Waals surface area contributed by atoms with Crippen LogP contribution in [-0.4, -0.2) is 32.0 Å². The van der Waals surface area contributed by atoms with Crippen LogP contribution in [-0.2, 0) is 4.74 Å². The zero-order valence-corrected chi connectivity index (χ0v) is 11.1. The van der Waals surface area contributed by atoms with Crippen molar-refractivity contribution in [3.05, 3.63) is 29.8 Å². The van der Waals surface area contributed by atoms with Crippen molar-refractivity contribution >= 4 is 5.69 Å².